The number of hydrogen-bond donors (Lipinski definition) is 1. The fourth-order valence-corrected chi connectivity index (χ4v) is 2.83. The number of aromatic nitrogens is 2. The predicted molar refractivity (Wildman–Crippen MR) is 81.4 cm³/mol. The summed E-state index contributed by atoms with van der Waals surface area (Å²) < 4.78 is 5.47. The number of nitrogens with one attached hydrogen (secondary N) is 1. The predicted octanol–water partition coefficient (Wildman–Crippen LogP) is 3.45. The van der Waals surface area contributed by atoms with Crippen molar-refractivity contribution in [2.75, 3.05) is 6.54 Å². The van der Waals surface area contributed by atoms with E-state index in [0.717, 1.165) is 24.0 Å². The van der Waals surface area contributed by atoms with Gasteiger partial charge in [0.2, 0.25) is 5.89 Å². The quantitative estimate of drug-likeness (QED) is 0.793. The molecule has 2 unspecified atom stereocenters. The molecule has 4 nitrogen and oxygen atoms in total. The second-order valence-electron chi connectivity index (χ2n) is 5.52. The monoisotopic (exact) mass is 285 g/mol. The number of hydrogen-bond acceptors (Lipinski definition) is 5. The molecule has 0 fully saturated rings. The van der Waals surface area contributed by atoms with Crippen molar-refractivity contribution in [2.24, 2.45) is 5.92 Å². The van der Waals surface area contributed by atoms with Crippen molar-refractivity contribution in [3.8, 4) is 0 Å². The summed E-state index contributed by atoms with van der Waals surface area (Å²) in [4.78, 5) is 4.57. The van der Waals surface area contributed by atoms with Crippen LogP contribution in [0.5, 0.6) is 0 Å². The standard InChI is InChI=1S/C14H27N3OS/c1-7-15-11(6)13(9(2)3)14-16-12(17-18-14)8-19-10(4)5/h9-11,13,15H,7-8H2,1-6H3. The lowest BCUT2D eigenvalue weighted by Gasteiger charge is -2.24. The Morgan fingerprint density at radius 2 is 1.89 bits per heavy atom. The molecule has 2 atom stereocenters. The van der Waals surface area contributed by atoms with Gasteiger partial charge in [0.15, 0.2) is 5.82 Å². The Kier molecular flexibility index (Phi) is 6.86. The number of thioether (sulfide) groups is 1. The van der Waals surface area contributed by atoms with Gasteiger partial charge >= 0.3 is 0 Å². The number of nitrogens with zero attached hydrogens (tertiary/aromatic N) is 2. The SMILES string of the molecule is CCNC(C)C(c1nc(CSC(C)C)no1)C(C)C. The highest BCUT2D eigenvalue weighted by Crippen LogP contribution is 2.27. The van der Waals surface area contributed by atoms with E-state index in [9.17, 15) is 0 Å². The first-order valence-electron chi connectivity index (χ1n) is 7.13. The maximum absolute atomic E-state index is 5.47. The highest BCUT2D eigenvalue weighted by Gasteiger charge is 2.27. The Morgan fingerprint density at radius 3 is 2.42 bits per heavy atom. The van der Waals surface area contributed by atoms with Crippen LogP contribution in [0.2, 0.25) is 0 Å². The molecule has 0 aliphatic rings. The van der Waals surface area contributed by atoms with Gasteiger partial charge in [-0.15, -0.1) is 0 Å². The van der Waals surface area contributed by atoms with Gasteiger partial charge in [0, 0.05) is 6.04 Å². The van der Waals surface area contributed by atoms with Gasteiger partial charge in [0.25, 0.3) is 0 Å². The summed E-state index contributed by atoms with van der Waals surface area (Å²) in [6, 6.07) is 0.344. The molecular formula is C14H27N3OS. The smallest absolute Gasteiger partial charge is 0.231 e. The van der Waals surface area contributed by atoms with Gasteiger partial charge in [-0.2, -0.15) is 16.7 Å². The Balaban J connectivity index is 2.74. The maximum atomic E-state index is 5.47. The molecule has 5 heteroatoms. The van der Waals surface area contributed by atoms with Crippen LogP contribution >= 0.6 is 11.8 Å². The van der Waals surface area contributed by atoms with Crippen molar-refractivity contribution in [1.29, 1.82) is 0 Å². The highest BCUT2D eigenvalue weighted by molar-refractivity contribution is 7.99. The molecule has 0 aliphatic heterocycles. The molecule has 110 valence electrons. The molecule has 0 saturated carbocycles. The fourth-order valence-electron chi connectivity index (χ4n) is 2.23. The number of likely N-dealkylation sites (N-methyl/N-ethyl adjacent to an activating group) is 1. The van der Waals surface area contributed by atoms with E-state index in [1.807, 2.05) is 11.8 Å². The first-order chi connectivity index (χ1) is 8.95. The molecule has 0 radical (unpaired) electrons. The summed E-state index contributed by atoms with van der Waals surface area (Å²) >= 11 is 1.84. The largest absolute Gasteiger partial charge is 0.339 e. The molecular weight excluding hydrogens is 258 g/mol. The Bertz CT molecular complexity index is 365. The molecule has 0 amide bonds. The normalized spacial score (nSPS) is 15.2. The van der Waals surface area contributed by atoms with Crippen LogP contribution in [-0.4, -0.2) is 28.0 Å². The van der Waals surface area contributed by atoms with Crippen molar-refractivity contribution in [3.63, 3.8) is 0 Å². The zero-order valence-corrected chi connectivity index (χ0v) is 13.8. The van der Waals surface area contributed by atoms with E-state index < -0.39 is 0 Å². The average Bonchev–Trinajstić information content (AvgIpc) is 2.75. The van der Waals surface area contributed by atoms with Crippen molar-refractivity contribution in [3.05, 3.63) is 11.7 Å². The van der Waals surface area contributed by atoms with Gasteiger partial charge < -0.3 is 9.84 Å². The van der Waals surface area contributed by atoms with Gasteiger partial charge in [-0.1, -0.05) is 39.8 Å². The van der Waals surface area contributed by atoms with E-state index >= 15 is 0 Å². The van der Waals surface area contributed by atoms with Crippen molar-refractivity contribution in [1.82, 2.24) is 15.5 Å². The summed E-state index contributed by atoms with van der Waals surface area (Å²) in [5, 5.41) is 8.14. The van der Waals surface area contributed by atoms with Crippen LogP contribution in [0.15, 0.2) is 4.52 Å². The summed E-state index contributed by atoms with van der Waals surface area (Å²) in [6.07, 6.45) is 0. The van der Waals surface area contributed by atoms with Crippen LogP contribution in [0.3, 0.4) is 0 Å². The molecule has 0 bridgehead atoms. The highest BCUT2D eigenvalue weighted by atomic mass is 32.2. The number of rotatable bonds is 8. The van der Waals surface area contributed by atoms with Gasteiger partial charge in [-0.3, -0.25) is 0 Å². The second kappa shape index (κ2) is 7.90. The third-order valence-corrected chi connectivity index (χ3v) is 4.19. The maximum Gasteiger partial charge on any atom is 0.231 e. The summed E-state index contributed by atoms with van der Waals surface area (Å²) in [5.74, 6) is 3.14. The third kappa shape index (κ3) is 5.15. The van der Waals surface area contributed by atoms with Gasteiger partial charge in [-0.25, -0.2) is 0 Å². The van der Waals surface area contributed by atoms with Crippen molar-refractivity contribution in [2.45, 2.75) is 64.5 Å². The van der Waals surface area contributed by atoms with Crippen LogP contribution in [0.1, 0.15) is 59.2 Å². The van der Waals surface area contributed by atoms with Gasteiger partial charge in [-0.05, 0) is 24.6 Å². The van der Waals surface area contributed by atoms with Gasteiger partial charge in [0.1, 0.15) is 0 Å². The Morgan fingerprint density at radius 1 is 1.21 bits per heavy atom. The lowest BCUT2D eigenvalue weighted by atomic mass is 9.89. The minimum absolute atomic E-state index is 0.269. The molecule has 0 aromatic carbocycles. The van der Waals surface area contributed by atoms with E-state index in [1.165, 1.54) is 0 Å². The van der Waals surface area contributed by atoms with Crippen molar-refractivity contribution >= 4 is 11.8 Å². The summed E-state index contributed by atoms with van der Waals surface area (Å²) in [6.45, 7) is 14.0. The van der Waals surface area contributed by atoms with Crippen LogP contribution in [0.25, 0.3) is 0 Å². The second-order valence-corrected chi connectivity index (χ2v) is 7.09. The first-order valence-corrected chi connectivity index (χ1v) is 8.18. The Hall–Kier alpha value is -0.550. The topological polar surface area (TPSA) is 51.0 Å². The van der Waals surface area contributed by atoms with E-state index in [0.29, 0.717) is 17.2 Å². The van der Waals surface area contributed by atoms with Gasteiger partial charge in [0.05, 0.1) is 11.7 Å². The Labute approximate surface area is 121 Å². The zero-order valence-electron chi connectivity index (χ0n) is 12.9. The average molecular weight is 285 g/mol. The van der Waals surface area contributed by atoms with E-state index in [4.69, 9.17) is 4.52 Å². The molecule has 0 aliphatic carbocycles. The van der Waals surface area contributed by atoms with Crippen molar-refractivity contribution < 1.29 is 4.52 Å². The van der Waals surface area contributed by atoms with Crippen LogP contribution < -0.4 is 5.32 Å². The van der Waals surface area contributed by atoms with Crippen LogP contribution in [0, 0.1) is 5.92 Å². The zero-order chi connectivity index (χ0) is 14.4. The molecule has 1 heterocycles. The van der Waals surface area contributed by atoms with E-state index in [-0.39, 0.29) is 5.92 Å². The van der Waals surface area contributed by atoms with Crippen LogP contribution in [-0.2, 0) is 5.75 Å². The molecule has 19 heavy (non-hydrogen) atoms. The fraction of sp³-hybridized carbons (Fsp3) is 0.857. The lowest BCUT2D eigenvalue weighted by Crippen LogP contribution is -2.34. The third-order valence-electron chi connectivity index (χ3n) is 3.10. The molecule has 1 rings (SSSR count). The molecule has 0 saturated heterocycles. The van der Waals surface area contributed by atoms with Crippen LogP contribution in [0.4, 0.5) is 0 Å². The first kappa shape index (κ1) is 16.5. The molecule has 0 spiro atoms. The van der Waals surface area contributed by atoms with E-state index in [1.54, 1.807) is 0 Å². The molecule has 1 aromatic heterocycles. The minimum Gasteiger partial charge on any atom is -0.339 e. The summed E-state index contributed by atoms with van der Waals surface area (Å²) in [5.41, 5.74) is 0. The lowest BCUT2D eigenvalue weighted by molar-refractivity contribution is 0.280. The molecule has 1 N–H and O–H groups in total. The summed E-state index contributed by atoms with van der Waals surface area (Å²) in [7, 11) is 0. The molecule has 1 aromatic rings. The van der Waals surface area contributed by atoms with E-state index in [2.05, 4.69) is 57.0 Å². The minimum atomic E-state index is 0.269.